The van der Waals surface area contributed by atoms with Crippen LogP contribution in [0.25, 0.3) is 21.9 Å². The lowest BCUT2D eigenvalue weighted by atomic mass is 10.1. The van der Waals surface area contributed by atoms with Gasteiger partial charge >= 0.3 is 0 Å². The quantitative estimate of drug-likeness (QED) is 0.0355. The van der Waals surface area contributed by atoms with Gasteiger partial charge in [-0.05, 0) is 159 Å². The van der Waals surface area contributed by atoms with Gasteiger partial charge < -0.3 is 37.6 Å². The van der Waals surface area contributed by atoms with Gasteiger partial charge in [-0.15, -0.1) is 0 Å². The summed E-state index contributed by atoms with van der Waals surface area (Å²) in [4.78, 5) is 0. The van der Waals surface area contributed by atoms with E-state index in [9.17, 15) is 0 Å². The molecule has 0 amide bonds. The van der Waals surface area contributed by atoms with Crippen LogP contribution in [0, 0.1) is 0 Å². The standard InChI is InChI=1S/C18H21BrO2.C17H17BrO2.C16H17BrO2.C15H15BrO2/c19-13-5-2-6-14-20-17-9-11-18(12-10-17)21-15-16-7-3-1-4-8-16;18-10-4-1-5-11-19-13-8-9-17-15(12-13)14-6-2-3-7-16(14)20-17;17-11-4-12-18-15-7-9-16(10-8-15)19-13-14-5-2-1-3-6-14;16-10-11-17-14-6-8-15(9-7-14)18-12-13-4-2-1-3-5-13/h1,3-4,7-12H,2,5-6,13-15H2;2-3,6-9,12H,1,4-5,10-11H2;1-3,5-10H,4,11-13H2;1-9H,10-12H2. The summed E-state index contributed by atoms with van der Waals surface area (Å²) in [6.07, 6.45) is 8.00. The smallest absolute Gasteiger partial charge is 0.135 e. The molecule has 9 aromatic rings. The average Bonchev–Trinajstić information content (AvgIpc) is 3.89. The second-order valence-electron chi connectivity index (χ2n) is 17.6. The number of furan rings is 1. The minimum Gasteiger partial charge on any atom is -0.494 e. The molecule has 0 unspecified atom stereocenters. The van der Waals surface area contributed by atoms with Crippen LogP contribution in [0.15, 0.2) is 211 Å². The van der Waals surface area contributed by atoms with Crippen LogP contribution in [0.3, 0.4) is 0 Å². The maximum Gasteiger partial charge on any atom is 0.135 e. The minimum atomic E-state index is 0.586. The van der Waals surface area contributed by atoms with Crippen LogP contribution in [0.2, 0.25) is 0 Å². The highest BCUT2D eigenvalue weighted by molar-refractivity contribution is 9.09. The number of halogens is 4. The number of alkyl halides is 4. The Bertz CT molecular complexity index is 2930. The molecule has 1 heterocycles. The lowest BCUT2D eigenvalue weighted by molar-refractivity contribution is 0.298. The highest BCUT2D eigenvalue weighted by Crippen LogP contribution is 2.31. The van der Waals surface area contributed by atoms with Gasteiger partial charge in [0.2, 0.25) is 0 Å². The zero-order valence-electron chi connectivity index (χ0n) is 44.1. The summed E-state index contributed by atoms with van der Waals surface area (Å²) in [6, 6.07) is 67.8. The van der Waals surface area contributed by atoms with Crippen molar-refractivity contribution in [2.24, 2.45) is 0 Å². The monoisotopic (exact) mass is 1310 g/mol. The minimum absolute atomic E-state index is 0.586. The van der Waals surface area contributed by atoms with Crippen LogP contribution in [-0.4, -0.2) is 47.7 Å². The summed E-state index contributed by atoms with van der Waals surface area (Å²) >= 11 is 13.6. The summed E-state index contributed by atoms with van der Waals surface area (Å²) in [5, 5.41) is 6.20. The molecule has 0 saturated heterocycles. The molecular weight excluding hydrogens is 1240 g/mol. The van der Waals surface area contributed by atoms with E-state index < -0.39 is 0 Å². The predicted octanol–water partition coefficient (Wildman–Crippen LogP) is 19.2. The van der Waals surface area contributed by atoms with Gasteiger partial charge in [0.1, 0.15) is 71.2 Å². The van der Waals surface area contributed by atoms with E-state index in [0.29, 0.717) is 26.4 Å². The Labute approximate surface area is 495 Å². The Kier molecular flexibility index (Phi) is 29.7. The molecule has 8 nitrogen and oxygen atoms in total. The molecule has 8 aromatic carbocycles. The summed E-state index contributed by atoms with van der Waals surface area (Å²) in [6.45, 7) is 4.71. The van der Waals surface area contributed by atoms with E-state index in [2.05, 4.69) is 100 Å². The molecule has 1 aromatic heterocycles. The van der Waals surface area contributed by atoms with Crippen molar-refractivity contribution in [2.75, 3.05) is 47.7 Å². The first-order valence-corrected chi connectivity index (χ1v) is 31.0. The molecule has 0 aliphatic carbocycles. The SMILES string of the molecule is BrCCCCCOc1ccc(OCc2ccccc2)cc1.BrCCCCCOc1ccc2oc3ccccc3c2c1.BrCCCOc1ccc(OCc2ccccc2)cc1.BrCCOc1ccc(OCc2ccccc2)cc1. The lowest BCUT2D eigenvalue weighted by Crippen LogP contribution is -1.98. The highest BCUT2D eigenvalue weighted by atomic mass is 79.9. The first-order chi connectivity index (χ1) is 38.5. The van der Waals surface area contributed by atoms with Gasteiger partial charge in [0.25, 0.3) is 0 Å². The van der Waals surface area contributed by atoms with E-state index in [1.54, 1.807) is 0 Å². The number of benzene rings is 8. The number of fused-ring (bicyclic) bond motifs is 3. The molecule has 0 spiro atoms. The lowest BCUT2D eigenvalue weighted by Gasteiger charge is -2.08. The first kappa shape index (κ1) is 61.3. The number of unbranched alkanes of at least 4 members (excludes halogenated alkanes) is 4. The van der Waals surface area contributed by atoms with Crippen molar-refractivity contribution in [2.45, 2.75) is 64.8 Å². The van der Waals surface area contributed by atoms with Crippen molar-refractivity contribution in [3.63, 3.8) is 0 Å². The number of hydrogen-bond donors (Lipinski definition) is 0. The molecule has 78 heavy (non-hydrogen) atoms. The summed E-state index contributed by atoms with van der Waals surface area (Å²) in [5.74, 6) is 6.14. The van der Waals surface area contributed by atoms with Crippen LogP contribution < -0.4 is 33.2 Å². The molecule has 0 fully saturated rings. The third-order valence-corrected chi connectivity index (χ3v) is 13.6. The highest BCUT2D eigenvalue weighted by Gasteiger charge is 2.08. The van der Waals surface area contributed by atoms with Crippen LogP contribution in [-0.2, 0) is 19.8 Å². The Hall–Kier alpha value is -5.92. The third-order valence-electron chi connectivity index (χ3n) is 11.6. The van der Waals surface area contributed by atoms with Crippen molar-refractivity contribution >= 4 is 85.7 Å². The van der Waals surface area contributed by atoms with Crippen LogP contribution in [0.5, 0.6) is 40.2 Å². The van der Waals surface area contributed by atoms with Crippen LogP contribution >= 0.6 is 63.7 Å². The van der Waals surface area contributed by atoms with Crippen molar-refractivity contribution in [3.05, 3.63) is 223 Å². The number of para-hydroxylation sites is 1. The molecular formula is C66H70Br4O8. The van der Waals surface area contributed by atoms with Gasteiger partial charge in [0.05, 0.1) is 26.4 Å². The average molecular weight is 1310 g/mol. The second kappa shape index (κ2) is 37.8. The fraction of sp³-hybridized carbons (Fsp3) is 0.273. The Morgan fingerprint density at radius 1 is 0.256 bits per heavy atom. The fourth-order valence-electron chi connectivity index (χ4n) is 7.44. The summed E-state index contributed by atoms with van der Waals surface area (Å²) in [7, 11) is 0. The molecule has 9 rings (SSSR count). The fourth-order valence-corrected chi connectivity index (χ4v) is 8.63. The predicted molar refractivity (Wildman–Crippen MR) is 335 cm³/mol. The molecule has 0 aliphatic rings. The van der Waals surface area contributed by atoms with E-state index in [1.165, 1.54) is 36.8 Å². The summed E-state index contributed by atoms with van der Waals surface area (Å²) in [5.41, 5.74) is 5.34. The normalized spacial score (nSPS) is 10.5. The van der Waals surface area contributed by atoms with E-state index in [4.69, 9.17) is 37.6 Å². The zero-order chi connectivity index (χ0) is 54.5. The van der Waals surface area contributed by atoms with Gasteiger partial charge in [-0.3, -0.25) is 0 Å². The molecule has 0 aliphatic heterocycles. The first-order valence-electron chi connectivity index (χ1n) is 26.5. The third kappa shape index (κ3) is 24.0. The maximum atomic E-state index is 5.82. The van der Waals surface area contributed by atoms with Gasteiger partial charge in [-0.2, -0.15) is 0 Å². The van der Waals surface area contributed by atoms with E-state index in [1.807, 2.05) is 170 Å². The van der Waals surface area contributed by atoms with E-state index in [-0.39, 0.29) is 0 Å². The topological polar surface area (TPSA) is 77.8 Å². The van der Waals surface area contributed by atoms with E-state index >= 15 is 0 Å². The molecule has 0 radical (unpaired) electrons. The van der Waals surface area contributed by atoms with Gasteiger partial charge in [0, 0.05) is 32.1 Å². The number of hydrogen-bond acceptors (Lipinski definition) is 8. The van der Waals surface area contributed by atoms with Crippen molar-refractivity contribution in [1.29, 1.82) is 0 Å². The van der Waals surface area contributed by atoms with Crippen LogP contribution in [0.4, 0.5) is 0 Å². The largest absolute Gasteiger partial charge is 0.494 e. The zero-order valence-corrected chi connectivity index (χ0v) is 50.5. The molecule has 0 saturated carbocycles. The molecule has 0 bridgehead atoms. The van der Waals surface area contributed by atoms with Gasteiger partial charge in [-0.1, -0.05) is 173 Å². The molecule has 0 N–H and O–H groups in total. The van der Waals surface area contributed by atoms with Gasteiger partial charge in [-0.25, -0.2) is 0 Å². The molecule has 12 heteroatoms. The van der Waals surface area contributed by atoms with Gasteiger partial charge in [0.15, 0.2) is 0 Å². The Morgan fingerprint density at radius 3 is 1.00 bits per heavy atom. The van der Waals surface area contributed by atoms with Crippen LogP contribution in [0.1, 0.15) is 61.6 Å². The molecule has 410 valence electrons. The van der Waals surface area contributed by atoms with Crippen molar-refractivity contribution in [1.82, 2.24) is 0 Å². The number of ether oxygens (including phenoxy) is 7. The van der Waals surface area contributed by atoms with Crippen molar-refractivity contribution < 1.29 is 37.6 Å². The Morgan fingerprint density at radius 2 is 0.590 bits per heavy atom. The van der Waals surface area contributed by atoms with Crippen molar-refractivity contribution in [3.8, 4) is 40.2 Å². The Balaban J connectivity index is 0.000000168. The number of rotatable bonds is 28. The molecule has 0 atom stereocenters. The maximum absolute atomic E-state index is 5.82. The summed E-state index contributed by atoms with van der Waals surface area (Å²) < 4.78 is 45.5. The van der Waals surface area contributed by atoms with E-state index in [0.717, 1.165) is 128 Å². The second-order valence-corrected chi connectivity index (χ2v) is 20.8.